The number of nitrogens with zero attached hydrogens (tertiary/aromatic N) is 3. The quantitative estimate of drug-likeness (QED) is 0.648. The molecule has 0 saturated carbocycles. The minimum absolute atomic E-state index is 0.257. The molecule has 5 heteroatoms. The van der Waals surface area contributed by atoms with E-state index in [9.17, 15) is 0 Å². The Morgan fingerprint density at radius 3 is 2.81 bits per heavy atom. The van der Waals surface area contributed by atoms with E-state index in [0.29, 0.717) is 0 Å². The van der Waals surface area contributed by atoms with Crippen LogP contribution in [0.2, 0.25) is 0 Å². The Bertz CT molecular complexity index is 846. The molecule has 0 N–H and O–H groups in total. The Morgan fingerprint density at radius 1 is 1.15 bits per heavy atom. The molecule has 0 radical (unpaired) electrons. The van der Waals surface area contributed by atoms with Crippen LogP contribution < -0.4 is 4.74 Å². The maximum atomic E-state index is 5.80. The Labute approximate surface area is 160 Å². The van der Waals surface area contributed by atoms with Crippen LogP contribution in [0.15, 0.2) is 59.4 Å². The first-order valence-corrected chi connectivity index (χ1v) is 9.57. The van der Waals surface area contributed by atoms with E-state index in [1.165, 1.54) is 24.8 Å². The first-order chi connectivity index (χ1) is 13.3. The number of aromatic nitrogens is 2. The van der Waals surface area contributed by atoms with Crippen molar-refractivity contribution in [2.75, 3.05) is 13.7 Å². The van der Waals surface area contributed by atoms with Crippen molar-refractivity contribution in [1.29, 1.82) is 0 Å². The largest absolute Gasteiger partial charge is 0.497 e. The zero-order valence-corrected chi connectivity index (χ0v) is 15.7. The molecular formula is C22H25N3O2. The highest BCUT2D eigenvalue weighted by Crippen LogP contribution is 2.33. The maximum Gasteiger partial charge on any atom is 0.154 e. The van der Waals surface area contributed by atoms with Crippen LogP contribution in [0.3, 0.4) is 0 Å². The Kier molecular flexibility index (Phi) is 5.49. The van der Waals surface area contributed by atoms with Crippen LogP contribution in [0.4, 0.5) is 0 Å². The monoisotopic (exact) mass is 363 g/mol. The minimum Gasteiger partial charge on any atom is -0.497 e. The third kappa shape index (κ3) is 4.19. The Balaban J connectivity index is 1.56. The molecule has 2 aromatic heterocycles. The van der Waals surface area contributed by atoms with Gasteiger partial charge in [-0.2, -0.15) is 0 Å². The SMILES string of the molecule is COc1ccc(-c2cc(C3CCCCCN3Cc3cccnc3)on2)cc1. The van der Waals surface area contributed by atoms with Gasteiger partial charge >= 0.3 is 0 Å². The molecule has 0 amide bonds. The van der Waals surface area contributed by atoms with E-state index in [1.807, 2.05) is 42.7 Å². The lowest BCUT2D eigenvalue weighted by molar-refractivity contribution is 0.160. The number of pyridine rings is 1. The summed E-state index contributed by atoms with van der Waals surface area (Å²) in [7, 11) is 1.67. The summed E-state index contributed by atoms with van der Waals surface area (Å²) < 4.78 is 11.0. The molecule has 140 valence electrons. The number of benzene rings is 1. The Morgan fingerprint density at radius 2 is 2.04 bits per heavy atom. The highest BCUT2D eigenvalue weighted by Gasteiger charge is 2.26. The zero-order valence-electron chi connectivity index (χ0n) is 15.7. The molecule has 5 nitrogen and oxygen atoms in total. The second-order valence-electron chi connectivity index (χ2n) is 7.04. The third-order valence-electron chi connectivity index (χ3n) is 5.21. The lowest BCUT2D eigenvalue weighted by Gasteiger charge is -2.27. The third-order valence-corrected chi connectivity index (χ3v) is 5.21. The number of methoxy groups -OCH3 is 1. The van der Waals surface area contributed by atoms with Crippen molar-refractivity contribution in [3.8, 4) is 17.0 Å². The normalized spacial score (nSPS) is 18.2. The van der Waals surface area contributed by atoms with Crippen molar-refractivity contribution in [2.45, 2.75) is 38.3 Å². The summed E-state index contributed by atoms with van der Waals surface area (Å²) in [5.41, 5.74) is 3.15. The second-order valence-corrected chi connectivity index (χ2v) is 7.04. The minimum atomic E-state index is 0.257. The summed E-state index contributed by atoms with van der Waals surface area (Å²) in [4.78, 5) is 6.76. The fourth-order valence-electron chi connectivity index (χ4n) is 3.75. The van der Waals surface area contributed by atoms with Gasteiger partial charge in [-0.3, -0.25) is 9.88 Å². The summed E-state index contributed by atoms with van der Waals surface area (Å²) in [6.45, 7) is 1.95. The summed E-state index contributed by atoms with van der Waals surface area (Å²) in [6, 6.07) is 14.4. The predicted molar refractivity (Wildman–Crippen MR) is 104 cm³/mol. The maximum absolute atomic E-state index is 5.80. The standard InChI is InChI=1S/C22H25N3O2/c1-26-19-10-8-18(9-11-19)20-14-22(27-24-20)21-7-3-2-4-13-25(21)16-17-6-5-12-23-15-17/h5-6,8-12,14-15,21H,2-4,7,13,16H2,1H3. The molecule has 0 aliphatic carbocycles. The molecule has 1 saturated heterocycles. The molecular weight excluding hydrogens is 338 g/mol. The van der Waals surface area contributed by atoms with Crippen molar-refractivity contribution >= 4 is 0 Å². The van der Waals surface area contributed by atoms with Crippen molar-refractivity contribution in [3.63, 3.8) is 0 Å². The van der Waals surface area contributed by atoms with Gasteiger partial charge in [0.2, 0.25) is 0 Å². The number of rotatable bonds is 5. The van der Waals surface area contributed by atoms with Crippen molar-refractivity contribution in [2.24, 2.45) is 0 Å². The molecule has 1 atom stereocenters. The van der Waals surface area contributed by atoms with Gasteiger partial charge in [-0.1, -0.05) is 24.1 Å². The molecule has 0 spiro atoms. The molecule has 1 fully saturated rings. The number of hydrogen-bond donors (Lipinski definition) is 0. The first-order valence-electron chi connectivity index (χ1n) is 9.57. The van der Waals surface area contributed by atoms with Gasteiger partial charge in [0.15, 0.2) is 5.76 Å². The summed E-state index contributed by atoms with van der Waals surface area (Å²) in [6.07, 6.45) is 8.56. The van der Waals surface area contributed by atoms with Crippen LogP contribution in [-0.2, 0) is 6.54 Å². The highest BCUT2D eigenvalue weighted by atomic mass is 16.5. The molecule has 0 bridgehead atoms. The van der Waals surface area contributed by atoms with E-state index >= 15 is 0 Å². The predicted octanol–water partition coefficient (Wildman–Crippen LogP) is 4.86. The van der Waals surface area contributed by atoms with Crippen LogP contribution in [0.1, 0.15) is 43.0 Å². The van der Waals surface area contributed by atoms with Crippen molar-refractivity contribution in [3.05, 3.63) is 66.2 Å². The van der Waals surface area contributed by atoms with E-state index < -0.39 is 0 Å². The van der Waals surface area contributed by atoms with Gasteiger partial charge in [-0.15, -0.1) is 0 Å². The van der Waals surface area contributed by atoms with Gasteiger partial charge in [-0.25, -0.2) is 0 Å². The fourth-order valence-corrected chi connectivity index (χ4v) is 3.75. The summed E-state index contributed by atoms with van der Waals surface area (Å²) in [5.74, 6) is 1.79. The molecule has 1 aliphatic heterocycles. The molecule has 1 unspecified atom stereocenters. The number of likely N-dealkylation sites (tertiary alicyclic amines) is 1. The van der Waals surface area contributed by atoms with E-state index in [-0.39, 0.29) is 6.04 Å². The molecule has 1 aliphatic rings. The summed E-state index contributed by atoms with van der Waals surface area (Å²) >= 11 is 0. The van der Waals surface area contributed by atoms with E-state index in [0.717, 1.165) is 42.3 Å². The van der Waals surface area contributed by atoms with Gasteiger partial charge in [0.25, 0.3) is 0 Å². The lowest BCUT2D eigenvalue weighted by Crippen LogP contribution is -2.28. The van der Waals surface area contributed by atoms with Crippen LogP contribution in [0.25, 0.3) is 11.3 Å². The van der Waals surface area contributed by atoms with Crippen LogP contribution in [0.5, 0.6) is 5.75 Å². The second kappa shape index (κ2) is 8.35. The van der Waals surface area contributed by atoms with Crippen molar-refractivity contribution < 1.29 is 9.26 Å². The molecule has 4 rings (SSSR count). The van der Waals surface area contributed by atoms with E-state index in [2.05, 4.69) is 27.2 Å². The number of ether oxygens (including phenoxy) is 1. The van der Waals surface area contributed by atoms with Crippen molar-refractivity contribution in [1.82, 2.24) is 15.0 Å². The topological polar surface area (TPSA) is 51.4 Å². The molecule has 1 aromatic carbocycles. The smallest absolute Gasteiger partial charge is 0.154 e. The zero-order chi connectivity index (χ0) is 18.5. The number of hydrogen-bond acceptors (Lipinski definition) is 5. The summed E-state index contributed by atoms with van der Waals surface area (Å²) in [5, 5.41) is 4.33. The van der Waals surface area contributed by atoms with Crippen LogP contribution in [-0.4, -0.2) is 28.7 Å². The van der Waals surface area contributed by atoms with Gasteiger partial charge in [0, 0.05) is 30.6 Å². The van der Waals surface area contributed by atoms with Gasteiger partial charge in [0.1, 0.15) is 11.4 Å². The van der Waals surface area contributed by atoms with Gasteiger partial charge < -0.3 is 9.26 Å². The molecule has 27 heavy (non-hydrogen) atoms. The van der Waals surface area contributed by atoms with Crippen LogP contribution >= 0.6 is 0 Å². The fraction of sp³-hybridized carbons (Fsp3) is 0.364. The van der Waals surface area contributed by atoms with Crippen LogP contribution in [0, 0.1) is 0 Å². The molecule has 3 heterocycles. The average Bonchev–Trinajstić information content (AvgIpc) is 3.10. The highest BCUT2D eigenvalue weighted by molar-refractivity contribution is 5.60. The Hall–Kier alpha value is -2.66. The van der Waals surface area contributed by atoms with E-state index in [1.54, 1.807) is 7.11 Å². The average molecular weight is 363 g/mol. The van der Waals surface area contributed by atoms with E-state index in [4.69, 9.17) is 9.26 Å². The molecule has 3 aromatic rings. The van der Waals surface area contributed by atoms with Gasteiger partial charge in [0.05, 0.1) is 13.2 Å². The van der Waals surface area contributed by atoms with Gasteiger partial charge in [-0.05, 0) is 55.3 Å². The lowest BCUT2D eigenvalue weighted by atomic mass is 10.0. The first kappa shape index (κ1) is 17.7.